The van der Waals surface area contributed by atoms with E-state index in [2.05, 4.69) is 12.2 Å². The van der Waals surface area contributed by atoms with E-state index in [9.17, 15) is 4.79 Å². The van der Waals surface area contributed by atoms with Crippen molar-refractivity contribution in [3.8, 4) is 0 Å². The molecule has 3 N–H and O–H groups in total. The lowest BCUT2D eigenvalue weighted by atomic mass is 10.2. The molecule has 0 unspecified atom stereocenters. The smallest absolute Gasteiger partial charge is 0.225 e. The molecule has 0 aliphatic rings. The van der Waals surface area contributed by atoms with E-state index < -0.39 is 0 Å². The van der Waals surface area contributed by atoms with Crippen molar-refractivity contribution in [2.24, 2.45) is 0 Å². The van der Waals surface area contributed by atoms with Gasteiger partial charge in [0.2, 0.25) is 5.91 Å². The summed E-state index contributed by atoms with van der Waals surface area (Å²) < 4.78 is 0. The second kappa shape index (κ2) is 9.98. The lowest BCUT2D eigenvalue weighted by molar-refractivity contribution is -0.115. The number of unbranched alkanes of at least 4 members (excludes halogenated alkanes) is 1. The van der Waals surface area contributed by atoms with Crippen LogP contribution in [-0.2, 0) is 4.79 Å². The molecule has 0 heterocycles. The fourth-order valence-electron chi connectivity index (χ4n) is 1.50. The van der Waals surface area contributed by atoms with Crippen LogP contribution < -0.4 is 11.1 Å². The van der Waals surface area contributed by atoms with Crippen LogP contribution in [0, 0.1) is 6.92 Å². The molecule has 1 aromatic carbocycles. The number of carbonyl (C=O) groups is 1. The maximum atomic E-state index is 11.7. The molecular formula is C14H23ClN2OS. The Morgan fingerprint density at radius 1 is 1.37 bits per heavy atom. The number of thioether (sulfide) groups is 1. The van der Waals surface area contributed by atoms with Crippen LogP contribution in [0.4, 0.5) is 11.4 Å². The maximum Gasteiger partial charge on any atom is 0.225 e. The van der Waals surface area contributed by atoms with Crippen LogP contribution in [0.1, 0.15) is 31.7 Å². The summed E-state index contributed by atoms with van der Waals surface area (Å²) in [4.78, 5) is 11.7. The quantitative estimate of drug-likeness (QED) is 0.594. The van der Waals surface area contributed by atoms with Crippen molar-refractivity contribution in [2.75, 3.05) is 22.6 Å². The first-order valence-electron chi connectivity index (χ1n) is 6.37. The third-order valence-corrected chi connectivity index (χ3v) is 3.72. The summed E-state index contributed by atoms with van der Waals surface area (Å²) >= 11 is 1.84. The van der Waals surface area contributed by atoms with E-state index in [1.165, 1.54) is 12.8 Å². The fraction of sp³-hybridized carbons (Fsp3) is 0.500. The molecule has 0 radical (unpaired) electrons. The van der Waals surface area contributed by atoms with Crippen molar-refractivity contribution in [3.05, 3.63) is 23.8 Å². The van der Waals surface area contributed by atoms with Crippen LogP contribution in [0.15, 0.2) is 18.2 Å². The second-order valence-electron chi connectivity index (χ2n) is 4.34. The highest BCUT2D eigenvalue weighted by atomic mass is 35.5. The largest absolute Gasteiger partial charge is 0.399 e. The predicted molar refractivity (Wildman–Crippen MR) is 88.3 cm³/mol. The van der Waals surface area contributed by atoms with Gasteiger partial charge in [-0.2, -0.15) is 11.8 Å². The summed E-state index contributed by atoms with van der Waals surface area (Å²) in [5.74, 6) is 2.08. The van der Waals surface area contributed by atoms with Crippen LogP contribution >= 0.6 is 24.2 Å². The lowest BCUT2D eigenvalue weighted by Crippen LogP contribution is -2.13. The molecule has 1 rings (SSSR count). The van der Waals surface area contributed by atoms with Crippen molar-refractivity contribution in [2.45, 2.75) is 33.1 Å². The first-order chi connectivity index (χ1) is 8.63. The predicted octanol–water partition coefficient (Wildman–Crippen LogP) is 3.86. The minimum absolute atomic E-state index is 0. The lowest BCUT2D eigenvalue weighted by Gasteiger charge is -2.09. The van der Waals surface area contributed by atoms with E-state index in [0.717, 1.165) is 22.8 Å². The van der Waals surface area contributed by atoms with Gasteiger partial charge >= 0.3 is 0 Å². The summed E-state index contributed by atoms with van der Waals surface area (Å²) in [6, 6.07) is 5.56. The van der Waals surface area contributed by atoms with Gasteiger partial charge in [0.1, 0.15) is 0 Å². The summed E-state index contributed by atoms with van der Waals surface area (Å²) in [6.07, 6.45) is 2.99. The van der Waals surface area contributed by atoms with Gasteiger partial charge in [-0.25, -0.2) is 0 Å². The van der Waals surface area contributed by atoms with Crippen molar-refractivity contribution < 1.29 is 4.79 Å². The van der Waals surface area contributed by atoms with Gasteiger partial charge in [0, 0.05) is 23.5 Å². The number of amides is 1. The molecule has 1 amide bonds. The Labute approximate surface area is 126 Å². The number of nitrogen functional groups attached to an aromatic ring is 1. The standard InChI is InChI=1S/C14H22N2OS.ClH/c1-3-4-8-18-9-7-14(17)16-13-10-12(15)6-5-11(13)2;/h5-6,10H,3-4,7-9,15H2,1-2H3,(H,16,17);1H. The number of rotatable bonds is 7. The molecule has 0 atom stereocenters. The molecule has 108 valence electrons. The number of benzene rings is 1. The Bertz CT molecular complexity index is 399. The molecular weight excluding hydrogens is 280 g/mol. The van der Waals surface area contributed by atoms with Crippen LogP contribution in [0.25, 0.3) is 0 Å². The van der Waals surface area contributed by atoms with Gasteiger partial charge in [0.25, 0.3) is 0 Å². The van der Waals surface area contributed by atoms with Gasteiger partial charge in [0.15, 0.2) is 0 Å². The highest BCUT2D eigenvalue weighted by Gasteiger charge is 2.05. The summed E-state index contributed by atoms with van der Waals surface area (Å²) in [6.45, 7) is 4.14. The molecule has 0 aliphatic carbocycles. The summed E-state index contributed by atoms with van der Waals surface area (Å²) in [7, 11) is 0. The molecule has 0 fully saturated rings. The number of anilines is 2. The number of nitrogens with two attached hydrogens (primary N) is 1. The minimum Gasteiger partial charge on any atom is -0.399 e. The Balaban J connectivity index is 0.00000324. The van der Waals surface area contributed by atoms with E-state index in [-0.39, 0.29) is 18.3 Å². The van der Waals surface area contributed by atoms with Gasteiger partial charge in [-0.05, 0) is 36.8 Å². The average molecular weight is 303 g/mol. The number of hydrogen-bond donors (Lipinski definition) is 2. The molecule has 0 saturated heterocycles. The summed E-state index contributed by atoms with van der Waals surface area (Å²) in [5, 5.41) is 2.91. The van der Waals surface area contributed by atoms with Crippen molar-refractivity contribution in [1.29, 1.82) is 0 Å². The molecule has 0 bridgehead atoms. The first-order valence-corrected chi connectivity index (χ1v) is 7.52. The molecule has 5 heteroatoms. The first kappa shape index (κ1) is 18.1. The minimum atomic E-state index is 0. The fourth-order valence-corrected chi connectivity index (χ4v) is 2.53. The average Bonchev–Trinajstić information content (AvgIpc) is 2.33. The number of aryl methyl sites for hydroxylation is 1. The highest BCUT2D eigenvalue weighted by Crippen LogP contribution is 2.18. The molecule has 0 aliphatic heterocycles. The Kier molecular flexibility index (Phi) is 9.53. The second-order valence-corrected chi connectivity index (χ2v) is 5.56. The Morgan fingerprint density at radius 3 is 2.79 bits per heavy atom. The third kappa shape index (κ3) is 7.33. The number of halogens is 1. The van der Waals surface area contributed by atoms with Gasteiger partial charge in [-0.3, -0.25) is 4.79 Å². The molecule has 0 spiro atoms. The molecule has 19 heavy (non-hydrogen) atoms. The van der Waals surface area contributed by atoms with E-state index in [1.54, 1.807) is 6.07 Å². The van der Waals surface area contributed by atoms with Gasteiger partial charge < -0.3 is 11.1 Å². The number of nitrogens with one attached hydrogen (secondary N) is 1. The monoisotopic (exact) mass is 302 g/mol. The molecule has 3 nitrogen and oxygen atoms in total. The van der Waals surface area contributed by atoms with Crippen LogP contribution in [0.2, 0.25) is 0 Å². The number of hydrogen-bond acceptors (Lipinski definition) is 3. The zero-order valence-electron chi connectivity index (χ0n) is 11.6. The third-order valence-electron chi connectivity index (χ3n) is 2.65. The van der Waals surface area contributed by atoms with Crippen LogP contribution in [0.3, 0.4) is 0 Å². The highest BCUT2D eigenvalue weighted by molar-refractivity contribution is 7.99. The van der Waals surface area contributed by atoms with Crippen molar-refractivity contribution in [3.63, 3.8) is 0 Å². The summed E-state index contributed by atoms with van der Waals surface area (Å²) in [5.41, 5.74) is 8.23. The molecule has 0 saturated carbocycles. The zero-order valence-corrected chi connectivity index (χ0v) is 13.2. The van der Waals surface area contributed by atoms with Crippen molar-refractivity contribution in [1.82, 2.24) is 0 Å². The Morgan fingerprint density at radius 2 is 2.11 bits per heavy atom. The molecule has 1 aromatic rings. The van der Waals surface area contributed by atoms with E-state index in [4.69, 9.17) is 5.73 Å². The van der Waals surface area contributed by atoms with Crippen LogP contribution in [0.5, 0.6) is 0 Å². The molecule has 0 aromatic heterocycles. The topological polar surface area (TPSA) is 55.1 Å². The van der Waals surface area contributed by atoms with Crippen molar-refractivity contribution >= 4 is 41.5 Å². The zero-order chi connectivity index (χ0) is 13.4. The van der Waals surface area contributed by atoms with Gasteiger partial charge in [-0.1, -0.05) is 19.4 Å². The van der Waals surface area contributed by atoms with E-state index >= 15 is 0 Å². The van der Waals surface area contributed by atoms with Gasteiger partial charge in [0.05, 0.1) is 0 Å². The van der Waals surface area contributed by atoms with E-state index in [0.29, 0.717) is 12.1 Å². The van der Waals surface area contributed by atoms with E-state index in [1.807, 2.05) is 30.8 Å². The van der Waals surface area contributed by atoms with Crippen LogP contribution in [-0.4, -0.2) is 17.4 Å². The van der Waals surface area contributed by atoms with Gasteiger partial charge in [-0.15, -0.1) is 12.4 Å². The maximum absolute atomic E-state index is 11.7. The number of carbonyl (C=O) groups excluding carboxylic acids is 1. The SMILES string of the molecule is CCCCSCCC(=O)Nc1cc(N)ccc1C.Cl. The normalized spacial score (nSPS) is 9.79. The Hall–Kier alpha value is -0.870.